The maximum Gasteiger partial charge on any atom is 0.243 e. The van der Waals surface area contributed by atoms with E-state index >= 15 is 0 Å². The topological polar surface area (TPSA) is 84.9 Å². The van der Waals surface area contributed by atoms with Gasteiger partial charge in [-0.2, -0.15) is 4.31 Å². The van der Waals surface area contributed by atoms with Gasteiger partial charge in [-0.15, -0.1) is 0 Å². The van der Waals surface area contributed by atoms with Crippen LogP contribution in [0.5, 0.6) is 11.5 Å². The molecule has 8 heteroatoms. The number of carbonyl (C=O) groups excluding carboxylic acids is 1. The Balaban J connectivity index is 1.73. The molecule has 1 aliphatic rings. The van der Waals surface area contributed by atoms with E-state index in [4.69, 9.17) is 9.47 Å². The molecule has 2 aromatic rings. The fourth-order valence-electron chi connectivity index (χ4n) is 3.13. The first kappa shape index (κ1) is 20.2. The highest BCUT2D eigenvalue weighted by Crippen LogP contribution is 2.29. The van der Waals surface area contributed by atoms with Crippen molar-refractivity contribution in [3.05, 3.63) is 48.0 Å². The molecule has 0 spiro atoms. The summed E-state index contributed by atoms with van der Waals surface area (Å²) < 4.78 is 37.3. The van der Waals surface area contributed by atoms with Crippen LogP contribution in [0.2, 0.25) is 0 Å². The van der Waals surface area contributed by atoms with Crippen LogP contribution in [0.1, 0.15) is 23.2 Å². The second-order valence-corrected chi connectivity index (χ2v) is 8.42. The van der Waals surface area contributed by atoms with E-state index in [2.05, 4.69) is 5.32 Å². The van der Waals surface area contributed by atoms with Crippen molar-refractivity contribution < 1.29 is 22.7 Å². The molecule has 1 saturated heterocycles. The number of hydrogen-bond acceptors (Lipinski definition) is 6. The molecule has 0 bridgehead atoms. The Kier molecular flexibility index (Phi) is 6.21. The van der Waals surface area contributed by atoms with Gasteiger partial charge in [0.25, 0.3) is 0 Å². The van der Waals surface area contributed by atoms with Gasteiger partial charge in [-0.3, -0.25) is 4.79 Å². The molecule has 1 fully saturated rings. The number of Topliss-reactive ketones (excluding diaryl/α,β-unsaturated/α-hetero) is 1. The van der Waals surface area contributed by atoms with Crippen LogP contribution in [0, 0.1) is 0 Å². The van der Waals surface area contributed by atoms with Crippen LogP contribution in [-0.2, 0) is 10.0 Å². The van der Waals surface area contributed by atoms with E-state index in [1.54, 1.807) is 37.4 Å². The van der Waals surface area contributed by atoms with Gasteiger partial charge in [0.1, 0.15) is 11.5 Å². The number of rotatable bonds is 8. The number of sulfonamides is 1. The molecule has 1 heterocycles. The van der Waals surface area contributed by atoms with Gasteiger partial charge in [-0.05, 0) is 37.1 Å². The Morgan fingerprint density at radius 1 is 1.07 bits per heavy atom. The molecular formula is C20H24N2O5S. The van der Waals surface area contributed by atoms with E-state index in [1.807, 2.05) is 0 Å². The number of nitrogens with one attached hydrogen (secondary N) is 1. The molecule has 0 radical (unpaired) electrons. The van der Waals surface area contributed by atoms with Crippen molar-refractivity contribution in [3.8, 4) is 11.5 Å². The SMILES string of the molecule is COc1ccc(NCC(=O)c2cccc(S(=O)(=O)N3CCCC3)c2)c(OC)c1. The average molecular weight is 404 g/mol. The van der Waals surface area contributed by atoms with Crippen LogP contribution in [0.15, 0.2) is 47.4 Å². The van der Waals surface area contributed by atoms with Crippen molar-refractivity contribution in [2.24, 2.45) is 0 Å². The second kappa shape index (κ2) is 8.62. The predicted molar refractivity (Wildman–Crippen MR) is 107 cm³/mol. The molecule has 0 aliphatic carbocycles. The third kappa shape index (κ3) is 4.28. The van der Waals surface area contributed by atoms with E-state index in [0.29, 0.717) is 35.8 Å². The number of carbonyl (C=O) groups is 1. The minimum atomic E-state index is -3.55. The molecule has 0 saturated carbocycles. The van der Waals surface area contributed by atoms with E-state index in [9.17, 15) is 13.2 Å². The molecule has 1 N–H and O–H groups in total. The molecule has 0 unspecified atom stereocenters. The number of anilines is 1. The van der Waals surface area contributed by atoms with E-state index in [1.165, 1.54) is 23.5 Å². The first-order valence-electron chi connectivity index (χ1n) is 9.05. The van der Waals surface area contributed by atoms with E-state index < -0.39 is 10.0 Å². The second-order valence-electron chi connectivity index (χ2n) is 6.48. The summed E-state index contributed by atoms with van der Waals surface area (Å²) in [6, 6.07) is 11.4. The first-order valence-corrected chi connectivity index (χ1v) is 10.5. The van der Waals surface area contributed by atoms with Crippen molar-refractivity contribution in [1.29, 1.82) is 0 Å². The zero-order valence-electron chi connectivity index (χ0n) is 16.0. The summed E-state index contributed by atoms with van der Waals surface area (Å²) in [7, 11) is -0.453. The molecule has 28 heavy (non-hydrogen) atoms. The summed E-state index contributed by atoms with van der Waals surface area (Å²) in [6.07, 6.45) is 1.73. The summed E-state index contributed by atoms with van der Waals surface area (Å²) in [5.41, 5.74) is 0.998. The Hall–Kier alpha value is -2.58. The molecule has 1 aliphatic heterocycles. The molecule has 2 aromatic carbocycles. The monoisotopic (exact) mass is 404 g/mol. The molecule has 0 aromatic heterocycles. The first-order chi connectivity index (χ1) is 13.5. The van der Waals surface area contributed by atoms with Gasteiger partial charge in [0.05, 0.1) is 31.3 Å². The highest BCUT2D eigenvalue weighted by molar-refractivity contribution is 7.89. The summed E-state index contributed by atoms with van der Waals surface area (Å²) in [5.74, 6) is 0.988. The van der Waals surface area contributed by atoms with Gasteiger partial charge >= 0.3 is 0 Å². The van der Waals surface area contributed by atoms with Crippen molar-refractivity contribution in [2.75, 3.05) is 39.2 Å². The number of nitrogens with zero attached hydrogens (tertiary/aromatic N) is 1. The molecular weight excluding hydrogens is 380 g/mol. The Morgan fingerprint density at radius 3 is 2.50 bits per heavy atom. The lowest BCUT2D eigenvalue weighted by atomic mass is 10.1. The van der Waals surface area contributed by atoms with Crippen LogP contribution in [0.3, 0.4) is 0 Å². The van der Waals surface area contributed by atoms with E-state index in [0.717, 1.165) is 12.8 Å². The van der Waals surface area contributed by atoms with E-state index in [-0.39, 0.29) is 17.2 Å². The van der Waals surface area contributed by atoms with Crippen molar-refractivity contribution in [1.82, 2.24) is 4.31 Å². The lowest BCUT2D eigenvalue weighted by molar-refractivity contribution is 0.101. The fourth-order valence-corrected chi connectivity index (χ4v) is 4.69. The predicted octanol–water partition coefficient (Wildman–Crippen LogP) is 2.78. The van der Waals surface area contributed by atoms with Crippen LogP contribution >= 0.6 is 0 Å². The van der Waals surface area contributed by atoms with Crippen LogP contribution in [-0.4, -0.2) is 52.4 Å². The number of benzene rings is 2. The summed E-state index contributed by atoms with van der Waals surface area (Å²) in [5, 5.41) is 3.04. The van der Waals surface area contributed by atoms with Crippen molar-refractivity contribution in [2.45, 2.75) is 17.7 Å². The fraction of sp³-hybridized carbons (Fsp3) is 0.350. The average Bonchev–Trinajstić information content (AvgIpc) is 3.27. The number of ketones is 1. The highest BCUT2D eigenvalue weighted by atomic mass is 32.2. The standard InChI is InChI=1S/C20H24N2O5S/c1-26-16-8-9-18(20(13-16)27-2)21-14-19(23)15-6-5-7-17(12-15)28(24,25)22-10-3-4-11-22/h5-9,12-13,21H,3-4,10-11,14H2,1-2H3. The Morgan fingerprint density at radius 2 is 1.82 bits per heavy atom. The van der Waals surface area contributed by atoms with Gasteiger partial charge in [0.15, 0.2) is 5.78 Å². The maximum atomic E-state index is 12.7. The van der Waals surface area contributed by atoms with Gasteiger partial charge in [-0.25, -0.2) is 8.42 Å². The van der Waals surface area contributed by atoms with Gasteiger partial charge in [0, 0.05) is 24.7 Å². The lowest BCUT2D eigenvalue weighted by Crippen LogP contribution is -2.28. The van der Waals surface area contributed by atoms with Crippen molar-refractivity contribution in [3.63, 3.8) is 0 Å². The van der Waals surface area contributed by atoms with Gasteiger partial charge in [-0.1, -0.05) is 12.1 Å². The maximum absolute atomic E-state index is 12.7. The molecule has 0 amide bonds. The van der Waals surface area contributed by atoms with Crippen LogP contribution in [0.25, 0.3) is 0 Å². The van der Waals surface area contributed by atoms with Crippen molar-refractivity contribution >= 4 is 21.5 Å². The van der Waals surface area contributed by atoms with Crippen LogP contribution < -0.4 is 14.8 Å². The molecule has 7 nitrogen and oxygen atoms in total. The summed E-state index contributed by atoms with van der Waals surface area (Å²) in [6.45, 7) is 1.06. The summed E-state index contributed by atoms with van der Waals surface area (Å²) >= 11 is 0. The third-order valence-corrected chi connectivity index (χ3v) is 6.60. The van der Waals surface area contributed by atoms with Gasteiger partial charge < -0.3 is 14.8 Å². The number of hydrogen-bond donors (Lipinski definition) is 1. The number of methoxy groups -OCH3 is 2. The largest absolute Gasteiger partial charge is 0.497 e. The zero-order chi connectivity index (χ0) is 20.1. The lowest BCUT2D eigenvalue weighted by Gasteiger charge is -2.16. The zero-order valence-corrected chi connectivity index (χ0v) is 16.8. The quantitative estimate of drug-likeness (QED) is 0.681. The normalized spacial score (nSPS) is 14.6. The number of ether oxygens (including phenoxy) is 2. The minimum Gasteiger partial charge on any atom is -0.497 e. The molecule has 150 valence electrons. The summed E-state index contributed by atoms with van der Waals surface area (Å²) in [4.78, 5) is 12.8. The Labute approximate surface area is 165 Å². The smallest absolute Gasteiger partial charge is 0.243 e. The molecule has 3 rings (SSSR count). The highest BCUT2D eigenvalue weighted by Gasteiger charge is 2.27. The van der Waals surface area contributed by atoms with Gasteiger partial charge in [0.2, 0.25) is 10.0 Å². The van der Waals surface area contributed by atoms with Crippen LogP contribution in [0.4, 0.5) is 5.69 Å². The third-order valence-electron chi connectivity index (χ3n) is 4.71. The minimum absolute atomic E-state index is 0.00983. The molecule has 0 atom stereocenters. The Bertz CT molecular complexity index is 953.